The fraction of sp³-hybridized carbons (Fsp3) is 0.800. The molecule has 0 unspecified atom stereocenters. The van der Waals surface area contributed by atoms with Crippen molar-refractivity contribution in [2.45, 2.75) is 77.8 Å². The van der Waals surface area contributed by atoms with E-state index in [1.54, 1.807) is 13.0 Å². The van der Waals surface area contributed by atoms with Gasteiger partial charge in [0.2, 0.25) is 0 Å². The SMILES string of the molecule is C=C[C@H](O[Si](C)(C)C(C)(C)C)[C@H](C)[C@H](CC(=O)CC(=O)OCC)OCOC. The van der Waals surface area contributed by atoms with Crippen LogP contribution in [0.25, 0.3) is 0 Å². The van der Waals surface area contributed by atoms with Crippen LogP contribution in [0.1, 0.15) is 47.5 Å². The highest BCUT2D eigenvalue weighted by Gasteiger charge is 2.41. The van der Waals surface area contributed by atoms with Crippen LogP contribution in [-0.2, 0) is 28.2 Å². The summed E-state index contributed by atoms with van der Waals surface area (Å²) in [4.78, 5) is 23.8. The van der Waals surface area contributed by atoms with E-state index in [1.165, 1.54) is 7.11 Å². The first-order chi connectivity index (χ1) is 12.4. The molecule has 6 nitrogen and oxygen atoms in total. The van der Waals surface area contributed by atoms with Gasteiger partial charge in [0.05, 0.1) is 18.8 Å². The molecule has 7 heteroatoms. The number of carbonyl (C=O) groups is 2. The van der Waals surface area contributed by atoms with Crippen molar-refractivity contribution in [3.63, 3.8) is 0 Å². The second-order valence-electron chi connectivity index (χ2n) is 8.27. The van der Waals surface area contributed by atoms with Gasteiger partial charge in [-0.3, -0.25) is 9.59 Å². The molecule has 3 atom stereocenters. The van der Waals surface area contributed by atoms with Crippen molar-refractivity contribution in [2.75, 3.05) is 20.5 Å². The molecule has 0 N–H and O–H groups in total. The fourth-order valence-corrected chi connectivity index (χ4v) is 3.67. The van der Waals surface area contributed by atoms with Crippen molar-refractivity contribution in [1.82, 2.24) is 0 Å². The van der Waals surface area contributed by atoms with Crippen molar-refractivity contribution >= 4 is 20.1 Å². The van der Waals surface area contributed by atoms with Crippen molar-refractivity contribution in [1.29, 1.82) is 0 Å². The Labute approximate surface area is 165 Å². The van der Waals surface area contributed by atoms with Crippen LogP contribution in [-0.4, -0.2) is 52.8 Å². The first kappa shape index (κ1) is 26.0. The molecule has 0 saturated heterocycles. The summed E-state index contributed by atoms with van der Waals surface area (Å²) < 4.78 is 22.1. The Kier molecular flexibility index (Phi) is 11.3. The molecule has 158 valence electrons. The molecule has 0 rings (SSSR count). The predicted molar refractivity (Wildman–Crippen MR) is 109 cm³/mol. The number of Topliss-reactive ketones (excluding diaryl/α,β-unsaturated/α-hetero) is 1. The molecular weight excluding hydrogens is 364 g/mol. The van der Waals surface area contributed by atoms with Gasteiger partial charge >= 0.3 is 5.97 Å². The molecular formula is C20H38O6Si. The topological polar surface area (TPSA) is 71.1 Å². The third-order valence-corrected chi connectivity index (χ3v) is 9.52. The minimum Gasteiger partial charge on any atom is -0.466 e. The lowest BCUT2D eigenvalue weighted by atomic mass is 9.93. The van der Waals surface area contributed by atoms with Gasteiger partial charge in [-0.05, 0) is 25.1 Å². The summed E-state index contributed by atoms with van der Waals surface area (Å²) in [5.74, 6) is -0.868. The molecule has 0 bridgehead atoms. The minimum atomic E-state index is -2.02. The zero-order valence-corrected chi connectivity index (χ0v) is 19.3. The molecule has 0 aliphatic rings. The highest BCUT2D eigenvalue weighted by atomic mass is 28.4. The van der Waals surface area contributed by atoms with E-state index in [0.717, 1.165) is 0 Å². The first-order valence-electron chi connectivity index (χ1n) is 9.47. The van der Waals surface area contributed by atoms with Crippen molar-refractivity contribution in [2.24, 2.45) is 5.92 Å². The standard InChI is InChI=1S/C20H38O6Si/c1-10-17(26-27(8,9)20(4,5)6)15(3)18(25-14-23-7)12-16(21)13-19(22)24-11-2/h10,15,17-18H,1,11-14H2,2-9H3/t15-,17-,18-/m0/s1. The third kappa shape index (κ3) is 9.14. The zero-order chi connectivity index (χ0) is 21.3. The van der Waals surface area contributed by atoms with Crippen molar-refractivity contribution in [3.8, 4) is 0 Å². The Bertz CT molecular complexity index is 483. The Morgan fingerprint density at radius 2 is 1.81 bits per heavy atom. The number of carbonyl (C=O) groups excluding carboxylic acids is 2. The second kappa shape index (κ2) is 11.7. The van der Waals surface area contributed by atoms with Crippen LogP contribution >= 0.6 is 0 Å². The normalized spacial score (nSPS) is 15.7. The zero-order valence-electron chi connectivity index (χ0n) is 18.3. The van der Waals surface area contributed by atoms with E-state index in [1.807, 2.05) is 6.92 Å². The maximum atomic E-state index is 12.3. The van der Waals surface area contributed by atoms with Crippen LogP contribution in [0.15, 0.2) is 12.7 Å². The molecule has 0 fully saturated rings. The van der Waals surface area contributed by atoms with Gasteiger partial charge in [0.25, 0.3) is 0 Å². The van der Waals surface area contributed by atoms with Gasteiger partial charge < -0.3 is 18.6 Å². The van der Waals surface area contributed by atoms with Crippen molar-refractivity contribution < 1.29 is 28.2 Å². The van der Waals surface area contributed by atoms with Crippen LogP contribution in [0.3, 0.4) is 0 Å². The highest BCUT2D eigenvalue weighted by Crippen LogP contribution is 2.38. The van der Waals surface area contributed by atoms with E-state index in [0.29, 0.717) is 0 Å². The van der Waals surface area contributed by atoms with Gasteiger partial charge in [-0.1, -0.05) is 33.8 Å². The molecule has 0 aromatic carbocycles. The summed E-state index contributed by atoms with van der Waals surface area (Å²) in [5, 5.41) is 0.0522. The summed E-state index contributed by atoms with van der Waals surface area (Å²) in [6, 6.07) is 0. The summed E-state index contributed by atoms with van der Waals surface area (Å²) >= 11 is 0. The van der Waals surface area contributed by atoms with E-state index < -0.39 is 20.4 Å². The van der Waals surface area contributed by atoms with Gasteiger partial charge in [-0.2, -0.15) is 0 Å². The van der Waals surface area contributed by atoms with Crippen LogP contribution in [0, 0.1) is 5.92 Å². The summed E-state index contributed by atoms with van der Waals surface area (Å²) in [6.07, 6.45) is 0.899. The van der Waals surface area contributed by atoms with E-state index in [4.69, 9.17) is 18.6 Å². The first-order valence-corrected chi connectivity index (χ1v) is 12.4. The number of ether oxygens (including phenoxy) is 3. The second-order valence-corrected chi connectivity index (χ2v) is 13.0. The van der Waals surface area contributed by atoms with E-state index in [9.17, 15) is 9.59 Å². The molecule has 0 radical (unpaired) electrons. The van der Waals surface area contributed by atoms with Crippen LogP contribution < -0.4 is 0 Å². The molecule has 0 amide bonds. The van der Waals surface area contributed by atoms with E-state index >= 15 is 0 Å². The van der Waals surface area contributed by atoms with Crippen LogP contribution in [0.2, 0.25) is 18.1 Å². The van der Waals surface area contributed by atoms with E-state index in [-0.39, 0.29) is 49.1 Å². The summed E-state index contributed by atoms with van der Waals surface area (Å²) in [5.41, 5.74) is 0. The average Bonchev–Trinajstić information content (AvgIpc) is 2.54. The highest BCUT2D eigenvalue weighted by molar-refractivity contribution is 6.74. The molecule has 27 heavy (non-hydrogen) atoms. The van der Waals surface area contributed by atoms with E-state index in [2.05, 4.69) is 40.4 Å². The fourth-order valence-electron chi connectivity index (χ4n) is 2.32. The smallest absolute Gasteiger partial charge is 0.313 e. The number of hydrogen-bond donors (Lipinski definition) is 0. The Morgan fingerprint density at radius 1 is 1.22 bits per heavy atom. The quantitative estimate of drug-likeness (QED) is 0.152. The van der Waals surface area contributed by atoms with Gasteiger partial charge in [-0.15, -0.1) is 6.58 Å². The largest absolute Gasteiger partial charge is 0.466 e. The Morgan fingerprint density at radius 3 is 2.26 bits per heavy atom. The molecule has 0 aromatic heterocycles. The third-order valence-electron chi connectivity index (χ3n) is 5.05. The molecule has 0 aliphatic carbocycles. The molecule has 0 saturated carbocycles. The maximum absolute atomic E-state index is 12.3. The van der Waals surface area contributed by atoms with Gasteiger partial charge in [0.15, 0.2) is 8.32 Å². The summed E-state index contributed by atoms with van der Waals surface area (Å²) in [6.45, 7) is 18.8. The van der Waals surface area contributed by atoms with Crippen LogP contribution in [0.4, 0.5) is 0 Å². The monoisotopic (exact) mass is 402 g/mol. The van der Waals surface area contributed by atoms with Crippen LogP contribution in [0.5, 0.6) is 0 Å². The number of hydrogen-bond acceptors (Lipinski definition) is 6. The molecule has 0 heterocycles. The lowest BCUT2D eigenvalue weighted by molar-refractivity contribution is -0.147. The van der Waals surface area contributed by atoms with Crippen molar-refractivity contribution in [3.05, 3.63) is 12.7 Å². The molecule has 0 spiro atoms. The number of methoxy groups -OCH3 is 1. The predicted octanol–water partition coefficient (Wildman–Crippen LogP) is 4.10. The number of ketones is 1. The molecule has 0 aliphatic heterocycles. The Hall–Kier alpha value is -1.02. The number of rotatable bonds is 13. The Balaban J connectivity index is 5.20. The minimum absolute atomic E-state index is 0.0522. The summed E-state index contributed by atoms with van der Waals surface area (Å²) in [7, 11) is -0.496. The average molecular weight is 403 g/mol. The van der Waals surface area contributed by atoms with Gasteiger partial charge in [0.1, 0.15) is 19.0 Å². The maximum Gasteiger partial charge on any atom is 0.313 e. The van der Waals surface area contributed by atoms with Gasteiger partial charge in [-0.25, -0.2) is 0 Å². The lowest BCUT2D eigenvalue weighted by Gasteiger charge is -2.41. The molecule has 0 aromatic rings. The lowest BCUT2D eigenvalue weighted by Crippen LogP contribution is -2.47. The number of esters is 1. The van der Waals surface area contributed by atoms with Gasteiger partial charge in [0, 0.05) is 19.4 Å².